The normalized spacial score (nSPS) is 12.3. The molecule has 5 nitrogen and oxygen atoms in total. The molecule has 1 heterocycles. The lowest BCUT2D eigenvalue weighted by molar-refractivity contribution is -0.137. The standard InChI is InChI=1S/C16H19NO4/c1-3-11-4-5-14-12(7-11)13(9-21-14)16(20)17-8-10(2)6-15(18)19/h4-5,7,9-10H,3,6,8H2,1-2H3,(H,17,20)(H,18,19). The molecule has 0 aliphatic carbocycles. The molecule has 0 saturated carbocycles. The van der Waals surface area contributed by atoms with Crippen molar-refractivity contribution in [3.05, 3.63) is 35.6 Å². The lowest BCUT2D eigenvalue weighted by Crippen LogP contribution is -2.29. The number of carbonyl (C=O) groups is 2. The summed E-state index contributed by atoms with van der Waals surface area (Å²) in [4.78, 5) is 22.8. The Morgan fingerprint density at radius 1 is 1.38 bits per heavy atom. The first-order valence-corrected chi connectivity index (χ1v) is 7.01. The molecule has 1 unspecified atom stereocenters. The van der Waals surface area contributed by atoms with E-state index < -0.39 is 5.97 Å². The fourth-order valence-corrected chi connectivity index (χ4v) is 2.20. The quantitative estimate of drug-likeness (QED) is 0.857. The van der Waals surface area contributed by atoms with Gasteiger partial charge in [0, 0.05) is 18.4 Å². The highest BCUT2D eigenvalue weighted by Crippen LogP contribution is 2.22. The lowest BCUT2D eigenvalue weighted by atomic mass is 10.1. The topological polar surface area (TPSA) is 79.5 Å². The minimum Gasteiger partial charge on any atom is -0.481 e. The molecule has 2 N–H and O–H groups in total. The van der Waals surface area contributed by atoms with Crippen molar-refractivity contribution in [3.63, 3.8) is 0 Å². The van der Waals surface area contributed by atoms with E-state index >= 15 is 0 Å². The van der Waals surface area contributed by atoms with Gasteiger partial charge in [0.1, 0.15) is 11.8 Å². The van der Waals surface area contributed by atoms with Gasteiger partial charge < -0.3 is 14.8 Å². The number of carboxylic acid groups (broad SMARTS) is 1. The van der Waals surface area contributed by atoms with E-state index in [4.69, 9.17) is 9.52 Å². The number of benzene rings is 1. The third-order valence-corrected chi connectivity index (χ3v) is 3.42. The number of rotatable bonds is 6. The Morgan fingerprint density at radius 3 is 2.81 bits per heavy atom. The van der Waals surface area contributed by atoms with Gasteiger partial charge in [0.15, 0.2) is 0 Å². The van der Waals surface area contributed by atoms with Gasteiger partial charge in [-0.1, -0.05) is 19.9 Å². The van der Waals surface area contributed by atoms with Crippen LogP contribution in [0.1, 0.15) is 36.2 Å². The maximum Gasteiger partial charge on any atom is 0.303 e. The smallest absolute Gasteiger partial charge is 0.303 e. The summed E-state index contributed by atoms with van der Waals surface area (Å²) in [6.45, 7) is 4.16. The summed E-state index contributed by atoms with van der Waals surface area (Å²) in [5.41, 5.74) is 2.30. The van der Waals surface area contributed by atoms with Crippen molar-refractivity contribution < 1.29 is 19.1 Å². The third-order valence-electron chi connectivity index (χ3n) is 3.42. The van der Waals surface area contributed by atoms with E-state index in [1.807, 2.05) is 18.2 Å². The van der Waals surface area contributed by atoms with Crippen molar-refractivity contribution >= 4 is 22.8 Å². The monoisotopic (exact) mass is 289 g/mol. The second-order valence-electron chi connectivity index (χ2n) is 5.25. The molecule has 0 spiro atoms. The molecule has 0 aliphatic heterocycles. The van der Waals surface area contributed by atoms with Crippen LogP contribution in [0.2, 0.25) is 0 Å². The van der Waals surface area contributed by atoms with Crippen molar-refractivity contribution in [1.29, 1.82) is 0 Å². The summed E-state index contributed by atoms with van der Waals surface area (Å²) < 4.78 is 5.39. The van der Waals surface area contributed by atoms with Crippen LogP contribution < -0.4 is 5.32 Å². The van der Waals surface area contributed by atoms with Crippen LogP contribution in [-0.2, 0) is 11.2 Å². The van der Waals surface area contributed by atoms with Gasteiger partial charge in [0.25, 0.3) is 5.91 Å². The van der Waals surface area contributed by atoms with Gasteiger partial charge in [-0.25, -0.2) is 0 Å². The molecular weight excluding hydrogens is 270 g/mol. The number of hydrogen-bond acceptors (Lipinski definition) is 3. The molecule has 0 radical (unpaired) electrons. The van der Waals surface area contributed by atoms with Crippen LogP contribution in [-0.4, -0.2) is 23.5 Å². The van der Waals surface area contributed by atoms with Gasteiger partial charge in [-0.15, -0.1) is 0 Å². The first kappa shape index (κ1) is 15.1. The number of carboxylic acids is 1. The number of aliphatic carboxylic acids is 1. The summed E-state index contributed by atoms with van der Waals surface area (Å²) in [6.07, 6.45) is 2.37. The van der Waals surface area contributed by atoms with Crippen LogP contribution in [0.3, 0.4) is 0 Å². The van der Waals surface area contributed by atoms with Crippen LogP contribution in [0.5, 0.6) is 0 Å². The SMILES string of the molecule is CCc1ccc2occ(C(=O)NCC(C)CC(=O)O)c2c1. The van der Waals surface area contributed by atoms with Gasteiger partial charge in [0.2, 0.25) is 0 Å². The maximum atomic E-state index is 12.2. The van der Waals surface area contributed by atoms with Gasteiger partial charge in [-0.3, -0.25) is 9.59 Å². The summed E-state index contributed by atoms with van der Waals surface area (Å²) in [6, 6.07) is 5.79. The molecule has 2 aromatic rings. The highest BCUT2D eigenvalue weighted by Gasteiger charge is 2.15. The van der Waals surface area contributed by atoms with Crippen molar-refractivity contribution in [2.24, 2.45) is 5.92 Å². The van der Waals surface area contributed by atoms with Gasteiger partial charge in [0.05, 0.1) is 5.56 Å². The number of nitrogens with one attached hydrogen (secondary N) is 1. The molecule has 1 amide bonds. The molecule has 1 atom stereocenters. The average molecular weight is 289 g/mol. The Morgan fingerprint density at radius 2 is 2.14 bits per heavy atom. The molecule has 0 saturated heterocycles. The second kappa shape index (κ2) is 6.43. The molecule has 21 heavy (non-hydrogen) atoms. The zero-order chi connectivity index (χ0) is 15.4. The van der Waals surface area contributed by atoms with Gasteiger partial charge >= 0.3 is 5.97 Å². The zero-order valence-corrected chi connectivity index (χ0v) is 12.2. The number of furan rings is 1. The van der Waals surface area contributed by atoms with Crippen molar-refractivity contribution in [3.8, 4) is 0 Å². The minimum absolute atomic E-state index is 0.0341. The average Bonchev–Trinajstić information content (AvgIpc) is 2.86. The van der Waals surface area contributed by atoms with Crippen LogP contribution >= 0.6 is 0 Å². The molecule has 0 bridgehead atoms. The zero-order valence-electron chi connectivity index (χ0n) is 12.2. The van der Waals surface area contributed by atoms with Gasteiger partial charge in [-0.05, 0) is 30.0 Å². The Kier molecular flexibility index (Phi) is 4.62. The van der Waals surface area contributed by atoms with Crippen molar-refractivity contribution in [2.45, 2.75) is 26.7 Å². The van der Waals surface area contributed by atoms with E-state index in [0.717, 1.165) is 17.4 Å². The molecule has 0 aliphatic rings. The van der Waals surface area contributed by atoms with Crippen LogP contribution in [0.25, 0.3) is 11.0 Å². The van der Waals surface area contributed by atoms with Crippen molar-refractivity contribution in [1.82, 2.24) is 5.32 Å². The number of fused-ring (bicyclic) bond motifs is 1. The number of carbonyl (C=O) groups excluding carboxylic acids is 1. The Labute approximate surface area is 122 Å². The van der Waals surface area contributed by atoms with Crippen LogP contribution in [0.15, 0.2) is 28.9 Å². The molecule has 0 fully saturated rings. The molecular formula is C16H19NO4. The maximum absolute atomic E-state index is 12.2. The van der Waals surface area contributed by atoms with E-state index in [1.165, 1.54) is 6.26 Å². The highest BCUT2D eigenvalue weighted by atomic mass is 16.4. The Bertz CT molecular complexity index is 659. The lowest BCUT2D eigenvalue weighted by Gasteiger charge is -2.09. The molecule has 1 aromatic heterocycles. The molecule has 112 valence electrons. The highest BCUT2D eigenvalue weighted by molar-refractivity contribution is 6.06. The summed E-state index contributed by atoms with van der Waals surface area (Å²) in [5, 5.41) is 12.3. The van der Waals surface area contributed by atoms with E-state index in [0.29, 0.717) is 17.7 Å². The fraction of sp³-hybridized carbons (Fsp3) is 0.375. The minimum atomic E-state index is -0.863. The number of amides is 1. The van der Waals surface area contributed by atoms with E-state index in [-0.39, 0.29) is 18.2 Å². The fourth-order valence-electron chi connectivity index (χ4n) is 2.20. The largest absolute Gasteiger partial charge is 0.481 e. The molecule has 1 aromatic carbocycles. The Hall–Kier alpha value is -2.30. The second-order valence-corrected chi connectivity index (χ2v) is 5.25. The van der Waals surface area contributed by atoms with Crippen LogP contribution in [0, 0.1) is 5.92 Å². The third kappa shape index (κ3) is 3.62. The van der Waals surface area contributed by atoms with E-state index in [9.17, 15) is 9.59 Å². The van der Waals surface area contributed by atoms with E-state index in [2.05, 4.69) is 12.2 Å². The van der Waals surface area contributed by atoms with Crippen molar-refractivity contribution in [2.75, 3.05) is 6.54 Å². The number of aryl methyl sites for hydroxylation is 1. The summed E-state index contributed by atoms with van der Waals surface area (Å²) in [7, 11) is 0. The number of hydrogen-bond donors (Lipinski definition) is 2. The first-order chi connectivity index (χ1) is 10.0. The molecule has 5 heteroatoms. The van der Waals surface area contributed by atoms with E-state index in [1.54, 1.807) is 6.92 Å². The van der Waals surface area contributed by atoms with Gasteiger partial charge in [-0.2, -0.15) is 0 Å². The molecule has 2 rings (SSSR count). The summed E-state index contributed by atoms with van der Waals surface area (Å²) in [5.74, 6) is -1.21. The Balaban J connectivity index is 2.10. The predicted octanol–water partition coefficient (Wildman–Crippen LogP) is 2.84. The first-order valence-electron chi connectivity index (χ1n) is 7.01. The predicted molar refractivity (Wildman–Crippen MR) is 79.3 cm³/mol. The summed E-state index contributed by atoms with van der Waals surface area (Å²) >= 11 is 0. The van der Waals surface area contributed by atoms with Crippen LogP contribution in [0.4, 0.5) is 0 Å².